The number of aromatic nitrogens is 7. The highest BCUT2D eigenvalue weighted by molar-refractivity contribution is 5.91. The number of aryl methyl sites for hydroxylation is 2. The minimum atomic E-state index is 0.777. The van der Waals surface area contributed by atoms with E-state index in [0.29, 0.717) is 0 Å². The number of pyridine rings is 1. The first-order chi connectivity index (χ1) is 21.1. The van der Waals surface area contributed by atoms with E-state index in [-0.39, 0.29) is 0 Å². The van der Waals surface area contributed by atoms with E-state index in [0.717, 1.165) is 108 Å². The largest absolute Gasteiger partial charge is 0.366 e. The fourth-order valence-electron chi connectivity index (χ4n) is 5.92. The molecule has 0 radical (unpaired) electrons. The quantitative estimate of drug-likeness (QED) is 0.196. The SMILES string of the molecule is CCCC1=Cc2nc1cc1nc(c3cc(CCC)c(cnc4c[nH]ccc-4ncc4[nH]c2cc4CCC)[nH]3)C=C1CCC. The minimum absolute atomic E-state index is 0.777. The highest BCUT2D eigenvalue weighted by atomic mass is 14.8. The molecule has 0 amide bonds. The molecule has 4 aliphatic rings. The van der Waals surface area contributed by atoms with Gasteiger partial charge in [0.05, 0.1) is 62.9 Å². The van der Waals surface area contributed by atoms with Crippen molar-refractivity contribution in [3.05, 3.63) is 83.0 Å². The molecule has 3 N–H and O–H groups in total. The summed E-state index contributed by atoms with van der Waals surface area (Å²) in [6, 6.07) is 8.63. The summed E-state index contributed by atoms with van der Waals surface area (Å²) in [5.74, 6) is 0. The number of H-pyrrole nitrogens is 3. The second-order valence-corrected chi connectivity index (χ2v) is 11.4. The molecule has 6 heterocycles. The summed E-state index contributed by atoms with van der Waals surface area (Å²) in [7, 11) is 0. The van der Waals surface area contributed by atoms with Crippen molar-refractivity contribution in [2.45, 2.75) is 79.1 Å². The lowest BCUT2D eigenvalue weighted by molar-refractivity contribution is 0.930. The summed E-state index contributed by atoms with van der Waals surface area (Å²) < 4.78 is 0. The maximum Gasteiger partial charge on any atom is 0.105 e. The van der Waals surface area contributed by atoms with Gasteiger partial charge in [0.15, 0.2) is 0 Å². The monoisotopic (exact) mass is 571 g/mol. The molecule has 6 rings (SSSR count). The van der Waals surface area contributed by atoms with Gasteiger partial charge in [0.25, 0.3) is 0 Å². The van der Waals surface area contributed by atoms with Crippen molar-refractivity contribution in [3.63, 3.8) is 0 Å². The first kappa shape index (κ1) is 28.6. The van der Waals surface area contributed by atoms with Crippen LogP contribution in [0.2, 0.25) is 0 Å². The maximum absolute atomic E-state index is 5.17. The normalized spacial score (nSPS) is 12.7. The standard InChI is InChI=1S/C36H41N7/c1-5-9-23-15-30-32-17-25(11-7-3)34(42-32)21-38-27-13-14-37-20-36(27)39-22-35-26(12-8-4)18-33(43-35)31-16-24(10-6-2)29(41-31)19-28(23)40-30/h13-22,37,42-43H,5-12H2,1-4H3. The molecule has 8 bridgehead atoms. The van der Waals surface area contributed by atoms with Gasteiger partial charge in [-0.2, -0.15) is 0 Å². The fraction of sp³-hybridized carbons (Fsp3) is 0.333. The summed E-state index contributed by atoms with van der Waals surface area (Å²) >= 11 is 0. The number of allylic oxidation sites excluding steroid dienone is 2. The summed E-state index contributed by atoms with van der Waals surface area (Å²) in [5.41, 5.74) is 14.6. The lowest BCUT2D eigenvalue weighted by Gasteiger charge is -2.01. The maximum atomic E-state index is 5.17. The molecule has 43 heavy (non-hydrogen) atoms. The van der Waals surface area contributed by atoms with Crippen LogP contribution < -0.4 is 0 Å². The second-order valence-electron chi connectivity index (χ2n) is 11.4. The van der Waals surface area contributed by atoms with Crippen molar-refractivity contribution in [1.82, 2.24) is 34.9 Å². The molecule has 2 aromatic heterocycles. The fourth-order valence-corrected chi connectivity index (χ4v) is 5.92. The summed E-state index contributed by atoms with van der Waals surface area (Å²) in [6.45, 7) is 8.86. The Kier molecular flexibility index (Phi) is 8.50. The average molecular weight is 572 g/mol. The highest BCUT2D eigenvalue weighted by Gasteiger charge is 2.17. The molecule has 0 spiro atoms. The van der Waals surface area contributed by atoms with Crippen molar-refractivity contribution < 1.29 is 0 Å². The third-order valence-electron chi connectivity index (χ3n) is 8.02. The molecule has 0 atom stereocenters. The van der Waals surface area contributed by atoms with Crippen LogP contribution in [0.3, 0.4) is 0 Å². The minimum Gasteiger partial charge on any atom is -0.366 e. The smallest absolute Gasteiger partial charge is 0.105 e. The number of rotatable bonds is 8. The predicted octanol–water partition coefficient (Wildman–Crippen LogP) is 9.25. The van der Waals surface area contributed by atoms with Gasteiger partial charge in [-0.1, -0.05) is 53.4 Å². The van der Waals surface area contributed by atoms with Crippen molar-refractivity contribution in [1.29, 1.82) is 0 Å². The Hall–Kier alpha value is -4.52. The summed E-state index contributed by atoms with van der Waals surface area (Å²) in [5, 5.41) is 0. The van der Waals surface area contributed by atoms with Gasteiger partial charge in [0.2, 0.25) is 0 Å². The molecule has 0 fully saturated rings. The lowest BCUT2D eigenvalue weighted by Crippen LogP contribution is -1.87. The van der Waals surface area contributed by atoms with E-state index in [2.05, 4.69) is 73.0 Å². The topological polar surface area (TPSA) is 98.9 Å². The van der Waals surface area contributed by atoms with Crippen LogP contribution in [0.15, 0.2) is 49.1 Å². The number of hydrogen-bond acceptors (Lipinski definition) is 4. The van der Waals surface area contributed by atoms with Crippen LogP contribution in [0.4, 0.5) is 0 Å². The number of hydrogen-bond donors (Lipinski definition) is 3. The van der Waals surface area contributed by atoms with Gasteiger partial charge in [-0.15, -0.1) is 0 Å². The molecule has 220 valence electrons. The van der Waals surface area contributed by atoms with Gasteiger partial charge in [0.1, 0.15) is 5.69 Å². The van der Waals surface area contributed by atoms with Gasteiger partial charge in [0, 0.05) is 12.4 Å². The Balaban J connectivity index is 1.69. The molecule has 7 nitrogen and oxygen atoms in total. The molecule has 0 saturated heterocycles. The van der Waals surface area contributed by atoms with Crippen LogP contribution >= 0.6 is 0 Å². The molecule has 0 saturated carbocycles. The molecule has 7 heteroatoms. The van der Waals surface area contributed by atoms with Crippen LogP contribution in [-0.2, 0) is 12.8 Å². The van der Waals surface area contributed by atoms with Crippen LogP contribution in [-0.4, -0.2) is 34.9 Å². The van der Waals surface area contributed by atoms with E-state index in [4.69, 9.17) is 19.9 Å². The molecule has 0 aliphatic carbocycles. The van der Waals surface area contributed by atoms with Gasteiger partial charge in [-0.25, -0.2) is 9.97 Å². The van der Waals surface area contributed by atoms with E-state index in [1.54, 1.807) is 0 Å². The van der Waals surface area contributed by atoms with Crippen LogP contribution in [0.5, 0.6) is 0 Å². The van der Waals surface area contributed by atoms with Crippen molar-refractivity contribution in [2.75, 3.05) is 0 Å². The van der Waals surface area contributed by atoms with E-state index in [1.807, 2.05) is 30.9 Å². The zero-order valence-corrected chi connectivity index (χ0v) is 25.7. The first-order valence-electron chi connectivity index (χ1n) is 15.8. The van der Waals surface area contributed by atoms with Crippen molar-refractivity contribution in [3.8, 4) is 11.4 Å². The number of fused-ring (bicyclic) bond motifs is 11. The van der Waals surface area contributed by atoms with E-state index in [1.165, 1.54) is 22.3 Å². The van der Waals surface area contributed by atoms with Crippen LogP contribution in [0, 0.1) is 0 Å². The molecule has 4 aliphatic heterocycles. The van der Waals surface area contributed by atoms with E-state index >= 15 is 0 Å². The Bertz CT molecular complexity index is 1750. The van der Waals surface area contributed by atoms with Crippen molar-refractivity contribution in [2.24, 2.45) is 0 Å². The Morgan fingerprint density at radius 1 is 0.558 bits per heavy atom. The Morgan fingerprint density at radius 2 is 1.07 bits per heavy atom. The third-order valence-corrected chi connectivity index (χ3v) is 8.02. The van der Waals surface area contributed by atoms with E-state index < -0.39 is 0 Å². The molecule has 0 aromatic carbocycles. The Morgan fingerprint density at radius 3 is 1.58 bits per heavy atom. The second kappa shape index (κ2) is 12.8. The number of nitrogens with zero attached hydrogens (tertiary/aromatic N) is 4. The molecule has 2 aromatic rings. The Labute approximate surface area is 253 Å². The average Bonchev–Trinajstić information content (AvgIpc) is 3.79. The van der Waals surface area contributed by atoms with Crippen molar-refractivity contribution >= 4 is 45.4 Å². The van der Waals surface area contributed by atoms with Gasteiger partial charge >= 0.3 is 0 Å². The van der Waals surface area contributed by atoms with E-state index in [9.17, 15) is 0 Å². The number of aromatic amines is 3. The third kappa shape index (κ3) is 6.03. The van der Waals surface area contributed by atoms with Crippen LogP contribution in [0.1, 0.15) is 100 Å². The van der Waals surface area contributed by atoms with Gasteiger partial charge < -0.3 is 15.0 Å². The highest BCUT2D eigenvalue weighted by Crippen LogP contribution is 2.33. The molecule has 0 unspecified atom stereocenters. The number of nitrogens with one attached hydrogen (secondary N) is 3. The first-order valence-corrected chi connectivity index (χ1v) is 15.8. The lowest BCUT2D eigenvalue weighted by atomic mass is 10.0. The predicted molar refractivity (Wildman–Crippen MR) is 179 cm³/mol. The van der Waals surface area contributed by atoms with Crippen LogP contribution in [0.25, 0.3) is 56.8 Å². The van der Waals surface area contributed by atoms with Gasteiger partial charge in [-0.05, 0) is 84.4 Å². The zero-order valence-electron chi connectivity index (χ0n) is 25.7. The molecular formula is C36H41N7. The zero-order chi connectivity index (χ0) is 29.8. The van der Waals surface area contributed by atoms with Gasteiger partial charge in [-0.3, -0.25) is 9.97 Å². The molecular weight excluding hydrogens is 530 g/mol. The summed E-state index contributed by atoms with van der Waals surface area (Å²) in [4.78, 5) is 30.6. The summed E-state index contributed by atoms with van der Waals surface area (Å²) in [6.07, 6.45) is 20.2.